The Kier molecular flexibility index (Phi) is 4.18. The zero-order chi connectivity index (χ0) is 13.8. The molecule has 0 aromatic heterocycles. The van der Waals surface area contributed by atoms with Gasteiger partial charge in [-0.2, -0.15) is 5.26 Å². The van der Waals surface area contributed by atoms with E-state index in [1.807, 2.05) is 25.1 Å². The van der Waals surface area contributed by atoms with E-state index in [0.717, 1.165) is 6.42 Å². The Hall–Kier alpha value is -1.86. The number of carbonyl (C=O) groups is 1. The number of rotatable bonds is 3. The van der Waals surface area contributed by atoms with Crippen molar-refractivity contribution in [2.45, 2.75) is 25.3 Å². The fourth-order valence-electron chi connectivity index (χ4n) is 2.64. The fourth-order valence-corrected chi connectivity index (χ4v) is 2.64. The molecule has 4 nitrogen and oxygen atoms in total. The van der Waals surface area contributed by atoms with E-state index >= 15 is 0 Å². The van der Waals surface area contributed by atoms with Gasteiger partial charge in [0.05, 0.1) is 18.7 Å². The molecule has 4 heteroatoms. The van der Waals surface area contributed by atoms with Crippen molar-refractivity contribution >= 4 is 5.91 Å². The quantitative estimate of drug-likeness (QED) is 0.894. The van der Waals surface area contributed by atoms with Gasteiger partial charge in [-0.15, -0.1) is 0 Å². The van der Waals surface area contributed by atoms with Crippen LogP contribution in [0.3, 0.4) is 0 Å². The average Bonchev–Trinajstić information content (AvgIpc) is 2.81. The first-order valence-corrected chi connectivity index (χ1v) is 6.55. The van der Waals surface area contributed by atoms with Crippen LogP contribution in [-0.4, -0.2) is 35.1 Å². The number of likely N-dealkylation sites (tertiary alicyclic amines) is 1. The second kappa shape index (κ2) is 5.85. The molecular formula is C15H18N2O2. The lowest BCUT2D eigenvalue weighted by Gasteiger charge is -2.27. The van der Waals surface area contributed by atoms with Crippen molar-refractivity contribution in [2.75, 3.05) is 13.2 Å². The van der Waals surface area contributed by atoms with Crippen molar-refractivity contribution in [3.63, 3.8) is 0 Å². The molecule has 0 bridgehead atoms. The summed E-state index contributed by atoms with van der Waals surface area (Å²) in [5.74, 6) is -0.693. The lowest BCUT2D eigenvalue weighted by molar-refractivity contribution is -0.133. The third kappa shape index (κ3) is 2.61. The Labute approximate surface area is 113 Å². The minimum atomic E-state index is -0.777. The Morgan fingerprint density at radius 2 is 2.21 bits per heavy atom. The van der Waals surface area contributed by atoms with Crippen LogP contribution in [0.5, 0.6) is 0 Å². The molecule has 1 amide bonds. The summed E-state index contributed by atoms with van der Waals surface area (Å²) in [5.41, 5.74) is 0.714. The monoisotopic (exact) mass is 258 g/mol. The fraction of sp³-hybridized carbons (Fsp3) is 0.467. The number of amides is 1. The topological polar surface area (TPSA) is 64.3 Å². The Balaban J connectivity index is 2.21. The van der Waals surface area contributed by atoms with Crippen molar-refractivity contribution in [1.29, 1.82) is 5.26 Å². The van der Waals surface area contributed by atoms with Crippen molar-refractivity contribution in [2.24, 2.45) is 5.92 Å². The van der Waals surface area contributed by atoms with Crippen LogP contribution in [0.1, 0.15) is 24.8 Å². The van der Waals surface area contributed by atoms with E-state index in [1.54, 1.807) is 17.0 Å². The molecule has 3 atom stereocenters. The highest BCUT2D eigenvalue weighted by Crippen LogP contribution is 2.27. The van der Waals surface area contributed by atoms with Crippen molar-refractivity contribution in [3.05, 3.63) is 35.9 Å². The first-order chi connectivity index (χ1) is 9.19. The number of hydrogen-bond acceptors (Lipinski definition) is 3. The maximum absolute atomic E-state index is 12.5. The SMILES string of the molecule is CC1CCN(C(=O)C(C#N)c2ccccc2)C1CO. The van der Waals surface area contributed by atoms with Gasteiger partial charge in [-0.3, -0.25) is 4.79 Å². The van der Waals surface area contributed by atoms with Gasteiger partial charge >= 0.3 is 0 Å². The molecule has 0 saturated carbocycles. The second-order valence-electron chi connectivity index (χ2n) is 5.02. The molecule has 0 aliphatic carbocycles. The molecule has 0 spiro atoms. The molecule has 2 rings (SSSR count). The van der Waals surface area contributed by atoms with Crippen LogP contribution in [0.4, 0.5) is 0 Å². The van der Waals surface area contributed by atoms with Crippen molar-refractivity contribution < 1.29 is 9.90 Å². The van der Waals surface area contributed by atoms with Gasteiger partial charge in [0.1, 0.15) is 5.92 Å². The standard InChI is InChI=1S/C15H18N2O2/c1-11-7-8-17(14(11)10-18)15(19)13(9-16)12-5-3-2-4-6-12/h2-6,11,13-14,18H,7-8,10H2,1H3. The summed E-state index contributed by atoms with van der Waals surface area (Å²) in [7, 11) is 0. The third-order valence-electron chi connectivity index (χ3n) is 3.86. The van der Waals surface area contributed by atoms with Gasteiger partial charge in [-0.05, 0) is 17.9 Å². The summed E-state index contributed by atoms with van der Waals surface area (Å²) >= 11 is 0. The largest absolute Gasteiger partial charge is 0.394 e. The van der Waals surface area contributed by atoms with E-state index in [1.165, 1.54) is 0 Å². The summed E-state index contributed by atoms with van der Waals surface area (Å²) in [6.45, 7) is 2.61. The molecule has 1 heterocycles. The number of nitriles is 1. The van der Waals surface area contributed by atoms with Gasteiger partial charge in [0, 0.05) is 6.54 Å². The summed E-state index contributed by atoms with van der Waals surface area (Å²) in [5, 5.41) is 18.7. The van der Waals surface area contributed by atoms with Crippen LogP contribution in [0.15, 0.2) is 30.3 Å². The molecule has 0 radical (unpaired) electrons. The van der Waals surface area contributed by atoms with Gasteiger partial charge < -0.3 is 10.0 Å². The van der Waals surface area contributed by atoms with E-state index in [2.05, 4.69) is 6.07 Å². The number of carbonyl (C=O) groups excluding carboxylic acids is 1. The van der Waals surface area contributed by atoms with Crippen LogP contribution in [0.25, 0.3) is 0 Å². The normalized spacial score (nSPS) is 23.9. The van der Waals surface area contributed by atoms with Crippen LogP contribution < -0.4 is 0 Å². The highest BCUT2D eigenvalue weighted by Gasteiger charge is 2.37. The first-order valence-electron chi connectivity index (χ1n) is 6.55. The Bertz CT molecular complexity index is 481. The Morgan fingerprint density at radius 1 is 1.53 bits per heavy atom. The van der Waals surface area contributed by atoms with Gasteiger partial charge in [-0.25, -0.2) is 0 Å². The summed E-state index contributed by atoms with van der Waals surface area (Å²) < 4.78 is 0. The van der Waals surface area contributed by atoms with Gasteiger partial charge in [-0.1, -0.05) is 37.3 Å². The van der Waals surface area contributed by atoms with Crippen molar-refractivity contribution in [1.82, 2.24) is 4.90 Å². The van der Waals surface area contributed by atoms with Gasteiger partial charge in [0.2, 0.25) is 5.91 Å². The molecule has 3 unspecified atom stereocenters. The first kappa shape index (κ1) is 13.6. The molecule has 1 saturated heterocycles. The number of hydrogen-bond donors (Lipinski definition) is 1. The van der Waals surface area contributed by atoms with Gasteiger partial charge in [0.15, 0.2) is 0 Å². The lowest BCUT2D eigenvalue weighted by atomic mass is 9.98. The summed E-state index contributed by atoms with van der Waals surface area (Å²) in [4.78, 5) is 14.1. The maximum atomic E-state index is 12.5. The molecule has 1 aromatic carbocycles. The number of aliphatic hydroxyl groups excluding tert-OH is 1. The van der Waals surface area contributed by atoms with E-state index in [-0.39, 0.29) is 24.5 Å². The number of benzene rings is 1. The predicted molar refractivity (Wildman–Crippen MR) is 71.2 cm³/mol. The van der Waals surface area contributed by atoms with E-state index in [0.29, 0.717) is 12.1 Å². The van der Waals surface area contributed by atoms with E-state index < -0.39 is 5.92 Å². The van der Waals surface area contributed by atoms with Crippen LogP contribution >= 0.6 is 0 Å². The Morgan fingerprint density at radius 3 is 2.79 bits per heavy atom. The summed E-state index contributed by atoms with van der Waals surface area (Å²) in [6.07, 6.45) is 0.879. The van der Waals surface area contributed by atoms with Gasteiger partial charge in [0.25, 0.3) is 0 Å². The van der Waals surface area contributed by atoms with E-state index in [4.69, 9.17) is 0 Å². The third-order valence-corrected chi connectivity index (χ3v) is 3.86. The smallest absolute Gasteiger partial charge is 0.244 e. The minimum Gasteiger partial charge on any atom is -0.394 e. The van der Waals surface area contributed by atoms with Crippen LogP contribution in [0, 0.1) is 17.2 Å². The van der Waals surface area contributed by atoms with Crippen LogP contribution in [-0.2, 0) is 4.79 Å². The second-order valence-corrected chi connectivity index (χ2v) is 5.02. The molecule has 1 aromatic rings. The molecule has 1 aliphatic rings. The zero-order valence-corrected chi connectivity index (χ0v) is 11.0. The molecule has 1 aliphatic heterocycles. The van der Waals surface area contributed by atoms with E-state index in [9.17, 15) is 15.2 Å². The average molecular weight is 258 g/mol. The molecular weight excluding hydrogens is 240 g/mol. The van der Waals surface area contributed by atoms with Crippen LogP contribution in [0.2, 0.25) is 0 Å². The molecule has 100 valence electrons. The molecule has 19 heavy (non-hydrogen) atoms. The highest BCUT2D eigenvalue weighted by atomic mass is 16.3. The molecule has 1 N–H and O–H groups in total. The number of aliphatic hydroxyl groups is 1. The summed E-state index contributed by atoms with van der Waals surface area (Å²) in [6, 6.07) is 11.0. The zero-order valence-electron chi connectivity index (χ0n) is 11.0. The predicted octanol–water partition coefficient (Wildman–Crippen LogP) is 1.52. The lowest BCUT2D eigenvalue weighted by Crippen LogP contribution is -2.42. The maximum Gasteiger partial charge on any atom is 0.244 e. The van der Waals surface area contributed by atoms with Crippen molar-refractivity contribution in [3.8, 4) is 6.07 Å². The number of nitrogens with zero attached hydrogens (tertiary/aromatic N) is 2. The minimum absolute atomic E-state index is 0.0418. The molecule has 1 fully saturated rings. The highest BCUT2D eigenvalue weighted by molar-refractivity contribution is 5.87.